The maximum Gasteiger partial charge on any atom is 0.0687 e. The first-order chi connectivity index (χ1) is 4.81. The molecule has 0 N–H and O–H groups in total. The molecule has 0 amide bonds. The maximum absolute atomic E-state index is 5.78. The van der Waals surface area contributed by atoms with Gasteiger partial charge in [-0.1, -0.05) is 6.08 Å². The van der Waals surface area contributed by atoms with Crippen molar-refractivity contribution in [3.63, 3.8) is 0 Å². The van der Waals surface area contributed by atoms with Crippen LogP contribution in [-0.4, -0.2) is 22.1 Å². The lowest BCUT2D eigenvalue weighted by atomic mass is 10.1. The molecular weight excluding hydrogens is 140 g/mol. The minimum absolute atomic E-state index is 0.290. The fourth-order valence-corrected chi connectivity index (χ4v) is 2.64. The number of hydrogen-bond donors (Lipinski definition) is 0. The van der Waals surface area contributed by atoms with E-state index in [-0.39, 0.29) is 5.22 Å². The van der Waals surface area contributed by atoms with Gasteiger partial charge < -0.3 is 4.74 Å². The van der Waals surface area contributed by atoms with Gasteiger partial charge >= 0.3 is 0 Å². The molecule has 0 aromatic heterocycles. The van der Waals surface area contributed by atoms with Crippen molar-refractivity contribution in [2.24, 2.45) is 0 Å². The van der Waals surface area contributed by atoms with Crippen LogP contribution >= 0.6 is 0 Å². The van der Waals surface area contributed by atoms with Gasteiger partial charge in [0.15, 0.2) is 0 Å². The maximum atomic E-state index is 5.78. The van der Waals surface area contributed by atoms with Crippen LogP contribution in [0.1, 0.15) is 25.7 Å². The molecule has 10 heavy (non-hydrogen) atoms. The predicted octanol–water partition coefficient (Wildman–Crippen LogP) is 0.579. The fraction of sp³-hybridized carbons (Fsp3) is 0.750. The summed E-state index contributed by atoms with van der Waals surface area (Å²) in [6, 6.07) is 0. The zero-order valence-electron chi connectivity index (χ0n) is 6.52. The van der Waals surface area contributed by atoms with Crippen LogP contribution in [0.3, 0.4) is 0 Å². The Balaban J connectivity index is 2.04. The summed E-state index contributed by atoms with van der Waals surface area (Å²) in [7, 11) is 1.19. The largest absolute Gasteiger partial charge is 0.375 e. The van der Waals surface area contributed by atoms with Gasteiger partial charge in [0.1, 0.15) is 0 Å². The van der Waals surface area contributed by atoms with Crippen molar-refractivity contribution in [1.82, 2.24) is 0 Å². The molecule has 1 fully saturated rings. The molecule has 0 radical (unpaired) electrons. The Hall–Kier alpha value is -0.0831. The van der Waals surface area contributed by atoms with E-state index in [1.54, 1.807) is 5.57 Å². The molecular formula is C8H14OSi. The first-order valence-corrected chi connectivity index (χ1v) is 5.15. The van der Waals surface area contributed by atoms with Crippen LogP contribution in [-0.2, 0) is 4.74 Å². The standard InChI is InChI=1S/C8H14OSi/c10-8(7-3-4-7)5-1-2-6-9-8/h3H,1-2,4-6H2,10H3. The SMILES string of the molecule is [SiH3]C1(C2=CC2)CCCCO1. The summed E-state index contributed by atoms with van der Waals surface area (Å²) in [6.45, 7) is 1.00. The molecule has 1 atom stereocenters. The summed E-state index contributed by atoms with van der Waals surface area (Å²) in [5.74, 6) is 0. The average Bonchev–Trinajstić information content (AvgIpc) is 2.69. The highest BCUT2D eigenvalue weighted by molar-refractivity contribution is 6.17. The van der Waals surface area contributed by atoms with Crippen molar-refractivity contribution in [1.29, 1.82) is 0 Å². The Morgan fingerprint density at radius 1 is 1.50 bits per heavy atom. The quantitative estimate of drug-likeness (QED) is 0.396. The second-order valence-electron chi connectivity index (χ2n) is 3.47. The molecule has 1 aliphatic carbocycles. The molecule has 1 aliphatic heterocycles. The van der Waals surface area contributed by atoms with Crippen LogP contribution < -0.4 is 0 Å². The van der Waals surface area contributed by atoms with Gasteiger partial charge in [-0.25, -0.2) is 0 Å². The van der Waals surface area contributed by atoms with Crippen LogP contribution in [0.2, 0.25) is 0 Å². The molecule has 1 saturated heterocycles. The van der Waals surface area contributed by atoms with E-state index in [0.717, 1.165) is 6.61 Å². The summed E-state index contributed by atoms with van der Waals surface area (Å²) in [5.41, 5.74) is 1.60. The van der Waals surface area contributed by atoms with Crippen LogP contribution in [0, 0.1) is 0 Å². The minimum atomic E-state index is 0.290. The lowest BCUT2D eigenvalue weighted by molar-refractivity contribution is 0.0103. The topological polar surface area (TPSA) is 9.23 Å². The average molecular weight is 154 g/mol. The number of rotatable bonds is 1. The van der Waals surface area contributed by atoms with Crippen LogP contribution in [0.4, 0.5) is 0 Å². The highest BCUT2D eigenvalue weighted by Gasteiger charge is 2.35. The van der Waals surface area contributed by atoms with E-state index in [4.69, 9.17) is 4.74 Å². The lowest BCUT2D eigenvalue weighted by Crippen LogP contribution is -2.36. The zero-order valence-corrected chi connectivity index (χ0v) is 8.52. The monoisotopic (exact) mass is 154 g/mol. The molecule has 1 unspecified atom stereocenters. The van der Waals surface area contributed by atoms with Crippen molar-refractivity contribution in [2.45, 2.75) is 30.9 Å². The van der Waals surface area contributed by atoms with Gasteiger partial charge in [0.25, 0.3) is 0 Å². The summed E-state index contributed by atoms with van der Waals surface area (Å²) < 4.78 is 5.78. The van der Waals surface area contributed by atoms with Gasteiger partial charge in [-0.3, -0.25) is 0 Å². The molecule has 0 spiro atoms. The molecule has 0 aromatic carbocycles. The van der Waals surface area contributed by atoms with E-state index in [2.05, 4.69) is 6.08 Å². The highest BCUT2D eigenvalue weighted by atomic mass is 28.1. The Morgan fingerprint density at radius 2 is 2.30 bits per heavy atom. The Kier molecular flexibility index (Phi) is 1.46. The number of hydrogen-bond acceptors (Lipinski definition) is 1. The second kappa shape index (κ2) is 2.21. The van der Waals surface area contributed by atoms with Crippen molar-refractivity contribution in [2.75, 3.05) is 6.61 Å². The summed E-state index contributed by atoms with van der Waals surface area (Å²) in [5, 5.41) is 0.290. The number of ether oxygens (including phenoxy) is 1. The molecule has 0 bridgehead atoms. The van der Waals surface area contributed by atoms with Crippen molar-refractivity contribution in [3.8, 4) is 0 Å². The van der Waals surface area contributed by atoms with Crippen LogP contribution in [0.25, 0.3) is 0 Å². The molecule has 56 valence electrons. The van der Waals surface area contributed by atoms with Gasteiger partial charge in [0.2, 0.25) is 0 Å². The number of allylic oxidation sites excluding steroid dienone is 1. The van der Waals surface area contributed by atoms with E-state index >= 15 is 0 Å². The van der Waals surface area contributed by atoms with E-state index in [9.17, 15) is 0 Å². The molecule has 2 rings (SSSR count). The summed E-state index contributed by atoms with van der Waals surface area (Å²) in [4.78, 5) is 0. The molecule has 2 aliphatic rings. The lowest BCUT2D eigenvalue weighted by Gasteiger charge is -2.32. The van der Waals surface area contributed by atoms with Gasteiger partial charge in [-0.15, -0.1) is 0 Å². The highest BCUT2D eigenvalue weighted by Crippen LogP contribution is 2.37. The molecule has 2 heteroatoms. The summed E-state index contributed by atoms with van der Waals surface area (Å²) >= 11 is 0. The van der Waals surface area contributed by atoms with Crippen molar-refractivity contribution >= 4 is 10.2 Å². The van der Waals surface area contributed by atoms with Gasteiger partial charge in [-0.2, -0.15) is 0 Å². The first-order valence-electron chi connectivity index (χ1n) is 4.15. The molecule has 1 nitrogen and oxygen atoms in total. The van der Waals surface area contributed by atoms with E-state index < -0.39 is 0 Å². The summed E-state index contributed by atoms with van der Waals surface area (Å²) in [6.07, 6.45) is 7.50. The fourth-order valence-electron chi connectivity index (χ4n) is 1.67. The van der Waals surface area contributed by atoms with Crippen molar-refractivity contribution < 1.29 is 4.74 Å². The Labute approximate surface area is 64.9 Å². The first kappa shape index (κ1) is 6.62. The Bertz CT molecular complexity index is 168. The third kappa shape index (κ3) is 1.06. The zero-order chi connectivity index (χ0) is 7.03. The van der Waals surface area contributed by atoms with E-state index in [1.165, 1.54) is 35.9 Å². The third-order valence-electron chi connectivity index (χ3n) is 2.56. The van der Waals surface area contributed by atoms with Gasteiger partial charge in [0, 0.05) is 16.8 Å². The minimum Gasteiger partial charge on any atom is -0.375 e. The van der Waals surface area contributed by atoms with E-state index in [1.807, 2.05) is 0 Å². The third-order valence-corrected chi connectivity index (χ3v) is 3.99. The van der Waals surface area contributed by atoms with Crippen molar-refractivity contribution in [3.05, 3.63) is 11.6 Å². The van der Waals surface area contributed by atoms with Crippen LogP contribution in [0.5, 0.6) is 0 Å². The molecule has 1 heterocycles. The Morgan fingerprint density at radius 3 is 2.80 bits per heavy atom. The molecule has 0 saturated carbocycles. The van der Waals surface area contributed by atoms with Gasteiger partial charge in [-0.05, 0) is 31.3 Å². The smallest absolute Gasteiger partial charge is 0.0687 e. The predicted molar refractivity (Wildman–Crippen MR) is 45.2 cm³/mol. The van der Waals surface area contributed by atoms with E-state index in [0.29, 0.717) is 0 Å². The van der Waals surface area contributed by atoms with Gasteiger partial charge in [0.05, 0.1) is 5.22 Å². The molecule has 0 aromatic rings. The second-order valence-corrected chi connectivity index (χ2v) is 5.09. The van der Waals surface area contributed by atoms with Crippen LogP contribution in [0.15, 0.2) is 11.6 Å². The normalized spacial score (nSPS) is 39.4.